The van der Waals surface area contributed by atoms with Gasteiger partial charge in [-0.1, -0.05) is 39.9 Å². The molecule has 0 unspecified atom stereocenters. The molecule has 0 bridgehead atoms. The Balaban J connectivity index is 1.23. The van der Waals surface area contributed by atoms with Crippen molar-refractivity contribution in [1.82, 2.24) is 20.3 Å². The summed E-state index contributed by atoms with van der Waals surface area (Å²) in [6, 6.07) is 14.0. The number of carbonyl (C=O) groups excluding carboxylic acids is 2. The van der Waals surface area contributed by atoms with Crippen LogP contribution >= 0.6 is 34.7 Å². The molecule has 1 N–H and O–H groups in total. The van der Waals surface area contributed by atoms with E-state index in [-0.39, 0.29) is 30.3 Å². The van der Waals surface area contributed by atoms with Crippen LogP contribution in [0.15, 0.2) is 57.4 Å². The summed E-state index contributed by atoms with van der Waals surface area (Å²) in [6.45, 7) is 0. The molecule has 4 rings (SSSR count). The lowest BCUT2D eigenvalue weighted by Gasteiger charge is -1.99. The second kappa shape index (κ2) is 11.2. The number of ether oxygens (including phenoxy) is 1. The molecule has 4 aromatic rings. The van der Waals surface area contributed by atoms with Crippen LogP contribution in [0.5, 0.6) is 5.75 Å². The Kier molecular flexibility index (Phi) is 7.88. The van der Waals surface area contributed by atoms with E-state index in [9.17, 15) is 9.59 Å². The number of aryl methyl sites for hydroxylation is 1. The van der Waals surface area contributed by atoms with E-state index < -0.39 is 0 Å². The Morgan fingerprint density at radius 2 is 1.88 bits per heavy atom. The topological polar surface area (TPSA) is 120 Å². The molecule has 2 aromatic carbocycles. The molecule has 2 heterocycles. The van der Waals surface area contributed by atoms with E-state index in [1.165, 1.54) is 23.1 Å². The first-order valence-corrected chi connectivity index (χ1v) is 12.2. The molecule has 0 aliphatic carbocycles. The maximum atomic E-state index is 12.3. The highest BCUT2D eigenvalue weighted by atomic mass is 35.5. The largest absolute Gasteiger partial charge is 0.497 e. The lowest BCUT2D eigenvalue weighted by atomic mass is 10.1. The van der Waals surface area contributed by atoms with Gasteiger partial charge in [0, 0.05) is 29.0 Å². The van der Waals surface area contributed by atoms with Crippen LogP contribution in [0.2, 0.25) is 5.02 Å². The number of benzene rings is 2. The van der Waals surface area contributed by atoms with Crippen molar-refractivity contribution >= 4 is 51.5 Å². The van der Waals surface area contributed by atoms with Gasteiger partial charge in [0.1, 0.15) is 5.75 Å². The second-order valence-corrected chi connectivity index (χ2v) is 9.52. The quantitative estimate of drug-likeness (QED) is 0.180. The van der Waals surface area contributed by atoms with Crippen LogP contribution in [0.4, 0.5) is 5.13 Å². The van der Waals surface area contributed by atoms with Gasteiger partial charge in [0.15, 0.2) is 10.1 Å². The lowest BCUT2D eigenvalue weighted by Crippen LogP contribution is -2.12. The third-order valence-electron chi connectivity index (χ3n) is 4.53. The third-order valence-corrected chi connectivity index (χ3v) is 6.75. The summed E-state index contributed by atoms with van der Waals surface area (Å²) in [7, 11) is 1.60. The Hall–Kier alpha value is -3.28. The molecule has 0 saturated carbocycles. The number of carbonyl (C=O) groups is 2. The number of Topliss-reactive ketones (excluding diaryl/α,β-unsaturated/α-hetero) is 1. The molecule has 0 fully saturated rings. The number of ketones is 1. The van der Waals surface area contributed by atoms with E-state index in [1.54, 1.807) is 43.5 Å². The molecule has 174 valence electrons. The van der Waals surface area contributed by atoms with Gasteiger partial charge < -0.3 is 14.6 Å². The molecule has 0 aliphatic heterocycles. The molecule has 1 amide bonds. The number of rotatable bonds is 10. The number of nitrogens with zero attached hydrogens (tertiary/aromatic N) is 4. The first kappa shape index (κ1) is 23.9. The molecule has 2 aromatic heterocycles. The van der Waals surface area contributed by atoms with Crippen LogP contribution in [0.1, 0.15) is 22.7 Å². The lowest BCUT2D eigenvalue weighted by molar-refractivity contribution is -0.116. The van der Waals surface area contributed by atoms with Crippen LogP contribution in [0.25, 0.3) is 11.4 Å². The smallest absolute Gasteiger partial charge is 0.227 e. The Bertz CT molecular complexity index is 1280. The standard InChI is InChI=1S/C22H18ClN5O4S2/c1-31-16-8-4-14(5-9-16)20-25-19(32-28-20)11-10-18(30)24-21-26-27-22(34-21)33-12-17(29)13-2-6-15(23)7-3-13/h2-9H,10-12H2,1H3,(H,24,26,30). The number of amides is 1. The number of anilines is 1. The summed E-state index contributed by atoms with van der Waals surface area (Å²) in [5, 5.41) is 15.5. The number of nitrogens with one attached hydrogen (secondary N) is 1. The minimum Gasteiger partial charge on any atom is -0.497 e. The Labute approximate surface area is 207 Å². The van der Waals surface area contributed by atoms with Gasteiger partial charge in [-0.25, -0.2) is 0 Å². The highest BCUT2D eigenvalue weighted by Crippen LogP contribution is 2.26. The van der Waals surface area contributed by atoms with Crippen LogP contribution < -0.4 is 10.1 Å². The summed E-state index contributed by atoms with van der Waals surface area (Å²) >= 11 is 8.30. The second-order valence-electron chi connectivity index (χ2n) is 6.88. The van der Waals surface area contributed by atoms with Gasteiger partial charge in [-0.05, 0) is 48.5 Å². The first-order valence-electron chi connectivity index (χ1n) is 10.0. The maximum Gasteiger partial charge on any atom is 0.227 e. The summed E-state index contributed by atoms with van der Waals surface area (Å²) in [4.78, 5) is 28.8. The van der Waals surface area contributed by atoms with Crippen molar-refractivity contribution in [3.05, 3.63) is 65.0 Å². The van der Waals surface area contributed by atoms with Gasteiger partial charge in [0.05, 0.1) is 12.9 Å². The average Bonchev–Trinajstić information content (AvgIpc) is 3.51. The van der Waals surface area contributed by atoms with Gasteiger partial charge >= 0.3 is 0 Å². The van der Waals surface area contributed by atoms with Gasteiger partial charge in [-0.15, -0.1) is 10.2 Å². The minimum atomic E-state index is -0.255. The number of hydrogen-bond donors (Lipinski definition) is 1. The number of methoxy groups -OCH3 is 1. The molecule has 0 radical (unpaired) electrons. The van der Waals surface area contributed by atoms with Gasteiger partial charge in [-0.3, -0.25) is 9.59 Å². The Morgan fingerprint density at radius 3 is 2.62 bits per heavy atom. The van der Waals surface area contributed by atoms with Gasteiger partial charge in [-0.2, -0.15) is 4.98 Å². The van der Waals surface area contributed by atoms with Crippen molar-refractivity contribution in [1.29, 1.82) is 0 Å². The Morgan fingerprint density at radius 1 is 1.12 bits per heavy atom. The molecule has 0 saturated heterocycles. The van der Waals surface area contributed by atoms with Crippen LogP contribution in [-0.4, -0.2) is 44.9 Å². The van der Waals surface area contributed by atoms with Crippen LogP contribution in [0, 0.1) is 0 Å². The summed E-state index contributed by atoms with van der Waals surface area (Å²) in [6.07, 6.45) is 0.423. The summed E-state index contributed by atoms with van der Waals surface area (Å²) < 4.78 is 11.0. The molecule has 34 heavy (non-hydrogen) atoms. The monoisotopic (exact) mass is 515 g/mol. The van der Waals surface area contributed by atoms with E-state index in [4.69, 9.17) is 20.9 Å². The predicted octanol–water partition coefficient (Wildman–Crippen LogP) is 4.80. The van der Waals surface area contributed by atoms with Crippen molar-refractivity contribution in [2.24, 2.45) is 0 Å². The molecule has 0 aliphatic rings. The molecular formula is C22H18ClN5O4S2. The zero-order valence-corrected chi connectivity index (χ0v) is 20.2. The van der Waals surface area contributed by atoms with E-state index >= 15 is 0 Å². The molecule has 12 heteroatoms. The van der Waals surface area contributed by atoms with Crippen LogP contribution in [0.3, 0.4) is 0 Å². The highest BCUT2D eigenvalue weighted by molar-refractivity contribution is 8.01. The van der Waals surface area contributed by atoms with Crippen LogP contribution in [-0.2, 0) is 11.2 Å². The fourth-order valence-electron chi connectivity index (χ4n) is 2.78. The summed E-state index contributed by atoms with van der Waals surface area (Å²) in [5.41, 5.74) is 1.36. The summed E-state index contributed by atoms with van der Waals surface area (Å²) in [5.74, 6) is 1.44. The van der Waals surface area contributed by atoms with E-state index in [2.05, 4.69) is 25.7 Å². The molecule has 9 nitrogen and oxygen atoms in total. The van der Waals surface area contributed by atoms with E-state index in [0.717, 1.165) is 11.3 Å². The van der Waals surface area contributed by atoms with Crippen molar-refractivity contribution in [3.8, 4) is 17.1 Å². The van der Waals surface area contributed by atoms with Crippen molar-refractivity contribution in [2.75, 3.05) is 18.2 Å². The fraction of sp³-hybridized carbons (Fsp3) is 0.182. The van der Waals surface area contributed by atoms with Gasteiger partial charge in [0.2, 0.25) is 22.8 Å². The van der Waals surface area contributed by atoms with Crippen molar-refractivity contribution in [2.45, 2.75) is 17.2 Å². The number of halogens is 1. The van der Waals surface area contributed by atoms with E-state index in [1.807, 2.05) is 12.1 Å². The van der Waals surface area contributed by atoms with Crippen molar-refractivity contribution < 1.29 is 18.8 Å². The maximum absolute atomic E-state index is 12.3. The van der Waals surface area contributed by atoms with Crippen molar-refractivity contribution in [3.63, 3.8) is 0 Å². The van der Waals surface area contributed by atoms with E-state index in [0.29, 0.717) is 31.8 Å². The number of thioether (sulfide) groups is 1. The zero-order chi connectivity index (χ0) is 23.9. The average molecular weight is 516 g/mol. The SMILES string of the molecule is COc1ccc(-c2noc(CCC(=O)Nc3nnc(SCC(=O)c4ccc(Cl)cc4)s3)n2)cc1. The predicted molar refractivity (Wildman–Crippen MR) is 130 cm³/mol. The fourth-order valence-corrected chi connectivity index (χ4v) is 4.57. The zero-order valence-electron chi connectivity index (χ0n) is 17.9. The normalized spacial score (nSPS) is 10.8. The number of hydrogen-bond acceptors (Lipinski definition) is 10. The highest BCUT2D eigenvalue weighted by Gasteiger charge is 2.14. The minimum absolute atomic E-state index is 0.0454. The number of aromatic nitrogens is 4. The third kappa shape index (κ3) is 6.40. The molecular weight excluding hydrogens is 498 g/mol. The van der Waals surface area contributed by atoms with Gasteiger partial charge in [0.25, 0.3) is 0 Å². The first-order chi connectivity index (χ1) is 16.5. The molecule has 0 spiro atoms. The molecule has 0 atom stereocenters.